The van der Waals surface area contributed by atoms with Gasteiger partial charge in [0.25, 0.3) is 0 Å². The highest BCUT2D eigenvalue weighted by atomic mass is 16.5. The molecular weight excluding hydrogens is 272 g/mol. The molecule has 1 rings (SSSR count). The summed E-state index contributed by atoms with van der Waals surface area (Å²) >= 11 is 0. The normalized spacial score (nSPS) is 10.7. The van der Waals surface area contributed by atoms with Gasteiger partial charge in [-0.2, -0.15) is 0 Å². The topological polar surface area (TPSA) is 84.5 Å². The van der Waals surface area contributed by atoms with Crippen molar-refractivity contribution < 1.29 is 19.1 Å². The molecule has 6 nitrogen and oxygen atoms in total. The van der Waals surface area contributed by atoms with Crippen LogP contribution in [0.5, 0.6) is 0 Å². The van der Waals surface area contributed by atoms with Gasteiger partial charge in [0.2, 0.25) is 11.8 Å². The summed E-state index contributed by atoms with van der Waals surface area (Å²) in [6.45, 7) is 5.17. The van der Waals surface area contributed by atoms with Crippen LogP contribution in [0.15, 0.2) is 24.3 Å². The number of benzene rings is 1. The van der Waals surface area contributed by atoms with Crippen LogP contribution in [0.2, 0.25) is 0 Å². The van der Waals surface area contributed by atoms with Crippen LogP contribution in [0.3, 0.4) is 0 Å². The molecule has 1 aromatic carbocycles. The Balaban J connectivity index is 2.59. The van der Waals surface area contributed by atoms with Crippen LogP contribution < -0.4 is 10.6 Å². The first-order valence-electron chi connectivity index (χ1n) is 6.50. The zero-order valence-corrected chi connectivity index (χ0v) is 12.6. The van der Waals surface area contributed by atoms with Crippen LogP contribution in [0.1, 0.15) is 31.1 Å². The zero-order valence-electron chi connectivity index (χ0n) is 12.6. The second-order valence-corrected chi connectivity index (χ2v) is 5.55. The Morgan fingerprint density at radius 2 is 1.86 bits per heavy atom. The Bertz CT molecular complexity index is 547. The lowest BCUT2D eigenvalue weighted by molar-refractivity contribution is -0.130. The van der Waals surface area contributed by atoms with Crippen LogP contribution in [0, 0.1) is 5.41 Å². The molecule has 2 N–H and O–H groups in total. The highest BCUT2D eigenvalue weighted by Crippen LogP contribution is 2.13. The summed E-state index contributed by atoms with van der Waals surface area (Å²) in [5.41, 5.74) is 0.257. The van der Waals surface area contributed by atoms with E-state index in [9.17, 15) is 14.4 Å². The SMILES string of the molecule is COC(=O)c1cccc(NC(=O)CNC(=O)C(C)(C)C)c1. The molecule has 0 aliphatic rings. The van der Waals surface area contributed by atoms with Crippen molar-refractivity contribution >= 4 is 23.5 Å². The monoisotopic (exact) mass is 292 g/mol. The van der Waals surface area contributed by atoms with E-state index >= 15 is 0 Å². The zero-order chi connectivity index (χ0) is 16.0. The third-order valence-electron chi connectivity index (χ3n) is 2.66. The van der Waals surface area contributed by atoms with E-state index in [1.807, 2.05) is 0 Å². The Labute approximate surface area is 123 Å². The van der Waals surface area contributed by atoms with E-state index in [0.29, 0.717) is 11.3 Å². The van der Waals surface area contributed by atoms with Gasteiger partial charge in [0.1, 0.15) is 0 Å². The first kappa shape index (κ1) is 16.7. The molecule has 1 aromatic rings. The van der Waals surface area contributed by atoms with Crippen LogP contribution >= 0.6 is 0 Å². The first-order valence-corrected chi connectivity index (χ1v) is 6.50. The van der Waals surface area contributed by atoms with Crippen molar-refractivity contribution in [2.45, 2.75) is 20.8 Å². The number of carbonyl (C=O) groups excluding carboxylic acids is 3. The lowest BCUT2D eigenvalue weighted by Gasteiger charge is -2.17. The molecule has 2 amide bonds. The van der Waals surface area contributed by atoms with Gasteiger partial charge in [-0.1, -0.05) is 26.8 Å². The molecule has 0 fully saturated rings. The summed E-state index contributed by atoms with van der Waals surface area (Å²) < 4.78 is 4.60. The van der Waals surface area contributed by atoms with Gasteiger partial charge in [-0.3, -0.25) is 9.59 Å². The minimum absolute atomic E-state index is 0.126. The molecule has 0 atom stereocenters. The van der Waals surface area contributed by atoms with Crippen molar-refractivity contribution in [2.75, 3.05) is 19.0 Å². The third-order valence-corrected chi connectivity index (χ3v) is 2.66. The standard InChI is InChI=1S/C15H20N2O4/c1-15(2,3)14(20)16-9-12(18)17-11-7-5-6-10(8-11)13(19)21-4/h5-8H,9H2,1-4H3,(H,16,20)(H,17,18). The van der Waals surface area contributed by atoms with Gasteiger partial charge in [-0.05, 0) is 18.2 Å². The van der Waals surface area contributed by atoms with E-state index < -0.39 is 11.4 Å². The van der Waals surface area contributed by atoms with E-state index in [-0.39, 0.29) is 18.4 Å². The largest absolute Gasteiger partial charge is 0.465 e. The average molecular weight is 292 g/mol. The Morgan fingerprint density at radius 3 is 2.43 bits per heavy atom. The van der Waals surface area contributed by atoms with Gasteiger partial charge in [0, 0.05) is 11.1 Å². The van der Waals surface area contributed by atoms with E-state index in [0.717, 1.165) is 0 Å². The minimum atomic E-state index is -0.551. The molecule has 0 aromatic heterocycles. The second kappa shape index (κ2) is 6.88. The summed E-state index contributed by atoms with van der Waals surface area (Å²) in [6, 6.07) is 6.38. The number of anilines is 1. The summed E-state index contributed by atoms with van der Waals surface area (Å²) in [7, 11) is 1.29. The number of methoxy groups -OCH3 is 1. The van der Waals surface area contributed by atoms with Gasteiger partial charge >= 0.3 is 5.97 Å². The molecule has 0 bridgehead atoms. The summed E-state index contributed by atoms with van der Waals surface area (Å²) in [5, 5.41) is 5.16. The van der Waals surface area contributed by atoms with Crippen molar-refractivity contribution in [2.24, 2.45) is 5.41 Å². The van der Waals surface area contributed by atoms with Crippen molar-refractivity contribution in [3.05, 3.63) is 29.8 Å². The lowest BCUT2D eigenvalue weighted by Crippen LogP contribution is -2.39. The Hall–Kier alpha value is -2.37. The highest BCUT2D eigenvalue weighted by Gasteiger charge is 2.21. The second-order valence-electron chi connectivity index (χ2n) is 5.55. The molecule has 0 aliphatic carbocycles. The van der Waals surface area contributed by atoms with Crippen LogP contribution in [0.25, 0.3) is 0 Å². The predicted octanol–water partition coefficient (Wildman–Crippen LogP) is 1.57. The summed E-state index contributed by atoms with van der Waals surface area (Å²) in [6.07, 6.45) is 0. The predicted molar refractivity (Wildman–Crippen MR) is 78.9 cm³/mol. The quantitative estimate of drug-likeness (QED) is 0.825. The number of amides is 2. The van der Waals surface area contributed by atoms with Gasteiger partial charge in [-0.25, -0.2) is 4.79 Å². The van der Waals surface area contributed by atoms with Crippen LogP contribution in [-0.4, -0.2) is 31.4 Å². The molecule has 21 heavy (non-hydrogen) atoms. The fraction of sp³-hybridized carbons (Fsp3) is 0.400. The van der Waals surface area contributed by atoms with Crippen LogP contribution in [0.4, 0.5) is 5.69 Å². The molecular formula is C15H20N2O4. The smallest absolute Gasteiger partial charge is 0.337 e. The van der Waals surface area contributed by atoms with Crippen molar-refractivity contribution in [3.8, 4) is 0 Å². The number of hydrogen-bond acceptors (Lipinski definition) is 4. The average Bonchev–Trinajstić information content (AvgIpc) is 2.43. The molecule has 0 radical (unpaired) electrons. The molecule has 114 valence electrons. The summed E-state index contributed by atoms with van der Waals surface area (Å²) in [5.74, 6) is -1.05. The maximum Gasteiger partial charge on any atom is 0.337 e. The maximum absolute atomic E-state index is 11.8. The number of nitrogens with one attached hydrogen (secondary N) is 2. The van der Waals surface area contributed by atoms with Gasteiger partial charge in [-0.15, -0.1) is 0 Å². The lowest BCUT2D eigenvalue weighted by atomic mass is 9.96. The van der Waals surface area contributed by atoms with Crippen molar-refractivity contribution in [1.29, 1.82) is 0 Å². The van der Waals surface area contributed by atoms with Crippen LogP contribution in [-0.2, 0) is 14.3 Å². The minimum Gasteiger partial charge on any atom is -0.465 e. The highest BCUT2D eigenvalue weighted by molar-refractivity contribution is 5.97. The van der Waals surface area contributed by atoms with Crippen molar-refractivity contribution in [3.63, 3.8) is 0 Å². The number of rotatable bonds is 4. The fourth-order valence-electron chi connectivity index (χ4n) is 1.47. The maximum atomic E-state index is 11.8. The third kappa shape index (κ3) is 5.25. The van der Waals surface area contributed by atoms with E-state index in [2.05, 4.69) is 15.4 Å². The number of carbonyl (C=O) groups is 3. The number of ether oxygens (including phenoxy) is 1. The molecule has 6 heteroatoms. The molecule has 0 aliphatic heterocycles. The van der Waals surface area contributed by atoms with Gasteiger partial charge in [0.15, 0.2) is 0 Å². The van der Waals surface area contributed by atoms with E-state index in [1.165, 1.54) is 13.2 Å². The molecule has 0 saturated heterocycles. The molecule has 0 heterocycles. The van der Waals surface area contributed by atoms with Crippen molar-refractivity contribution in [1.82, 2.24) is 5.32 Å². The van der Waals surface area contributed by atoms with Gasteiger partial charge in [0.05, 0.1) is 19.2 Å². The first-order chi connectivity index (χ1) is 9.74. The molecule has 0 unspecified atom stereocenters. The number of esters is 1. The van der Waals surface area contributed by atoms with E-state index in [4.69, 9.17) is 0 Å². The Morgan fingerprint density at radius 1 is 1.19 bits per heavy atom. The van der Waals surface area contributed by atoms with Gasteiger partial charge < -0.3 is 15.4 Å². The Kier molecular flexibility index (Phi) is 5.46. The summed E-state index contributed by atoms with van der Waals surface area (Å²) in [4.78, 5) is 34.8. The fourth-order valence-corrected chi connectivity index (χ4v) is 1.47. The molecule has 0 spiro atoms. The number of hydrogen-bond donors (Lipinski definition) is 2. The van der Waals surface area contributed by atoms with E-state index in [1.54, 1.807) is 39.0 Å². The molecule has 0 saturated carbocycles.